The summed E-state index contributed by atoms with van der Waals surface area (Å²) < 4.78 is 5.11. The lowest BCUT2D eigenvalue weighted by Gasteiger charge is -2.08. The molecule has 2 N–H and O–H groups in total. The third-order valence-electron chi connectivity index (χ3n) is 1.83. The molecule has 0 spiro atoms. The van der Waals surface area contributed by atoms with Crippen LogP contribution in [-0.2, 0) is 11.3 Å². The highest BCUT2D eigenvalue weighted by atomic mass is 35.5. The topological polar surface area (TPSA) is 58.6 Å². The maximum Gasteiger partial charge on any atom is 0.317 e. The summed E-state index contributed by atoms with van der Waals surface area (Å²) >= 11 is 5.82. The number of methoxy groups -OCH3 is 1. The molecule has 1 rings (SSSR count). The molecule has 1 aromatic carbocycles. The van der Waals surface area contributed by atoms with Crippen LogP contribution in [0.1, 0.15) is 5.56 Å². The van der Waals surface area contributed by atoms with Crippen molar-refractivity contribution in [1.29, 1.82) is 0 Å². The Morgan fingerprint density at radius 3 is 2.93 bits per heavy atom. The zero-order valence-electron chi connectivity index (χ0n) is 8.29. The van der Waals surface area contributed by atoms with Crippen molar-refractivity contribution >= 4 is 17.6 Å². The Labute approximate surface area is 92.8 Å². The van der Waals surface area contributed by atoms with Crippen molar-refractivity contribution in [2.75, 3.05) is 13.7 Å². The maximum atomic E-state index is 10.3. The summed E-state index contributed by atoms with van der Waals surface area (Å²) in [6.45, 7) is 0.325. The van der Waals surface area contributed by atoms with E-state index in [0.717, 1.165) is 5.56 Å². The molecule has 82 valence electrons. The first-order valence-electron chi connectivity index (χ1n) is 4.38. The summed E-state index contributed by atoms with van der Waals surface area (Å²) in [6.07, 6.45) is 0. The Morgan fingerprint density at radius 2 is 2.33 bits per heavy atom. The van der Waals surface area contributed by atoms with Gasteiger partial charge in [-0.05, 0) is 18.2 Å². The molecule has 1 aromatic rings. The normalized spacial score (nSPS) is 10.0. The van der Waals surface area contributed by atoms with Gasteiger partial charge in [-0.15, -0.1) is 0 Å². The largest absolute Gasteiger partial charge is 0.496 e. The van der Waals surface area contributed by atoms with Crippen molar-refractivity contribution in [3.63, 3.8) is 0 Å². The van der Waals surface area contributed by atoms with E-state index in [-0.39, 0.29) is 6.54 Å². The van der Waals surface area contributed by atoms with Crippen LogP contribution in [0.3, 0.4) is 0 Å². The van der Waals surface area contributed by atoms with Gasteiger partial charge in [0.2, 0.25) is 0 Å². The molecular formula is C10H12ClNO3. The Kier molecular flexibility index (Phi) is 4.39. The van der Waals surface area contributed by atoms with Gasteiger partial charge < -0.3 is 15.2 Å². The van der Waals surface area contributed by atoms with Gasteiger partial charge in [0.05, 0.1) is 13.7 Å². The van der Waals surface area contributed by atoms with E-state index in [4.69, 9.17) is 21.4 Å². The SMILES string of the molecule is COc1ccc(Cl)cc1CNCC(=O)O. The molecule has 0 unspecified atom stereocenters. The number of aliphatic carboxylic acids is 1. The van der Waals surface area contributed by atoms with Crippen molar-refractivity contribution in [3.05, 3.63) is 28.8 Å². The number of carboxylic acids is 1. The maximum absolute atomic E-state index is 10.3. The first-order valence-corrected chi connectivity index (χ1v) is 4.76. The molecule has 0 amide bonds. The first kappa shape index (κ1) is 11.8. The van der Waals surface area contributed by atoms with Gasteiger partial charge >= 0.3 is 5.97 Å². The van der Waals surface area contributed by atoms with Crippen LogP contribution in [-0.4, -0.2) is 24.7 Å². The molecule has 0 saturated heterocycles. The third-order valence-corrected chi connectivity index (χ3v) is 2.07. The molecule has 0 saturated carbocycles. The second-order valence-corrected chi connectivity index (χ2v) is 3.39. The van der Waals surface area contributed by atoms with Crippen molar-refractivity contribution in [3.8, 4) is 5.75 Å². The number of hydrogen-bond donors (Lipinski definition) is 2. The van der Waals surface area contributed by atoms with Gasteiger partial charge in [-0.2, -0.15) is 0 Å². The molecule has 0 heterocycles. The minimum absolute atomic E-state index is 0.0876. The highest BCUT2D eigenvalue weighted by Gasteiger charge is 2.04. The average Bonchev–Trinajstić information content (AvgIpc) is 2.17. The van der Waals surface area contributed by atoms with Crippen LogP contribution >= 0.6 is 11.6 Å². The van der Waals surface area contributed by atoms with E-state index in [1.807, 2.05) is 0 Å². The predicted molar refractivity (Wildman–Crippen MR) is 57.3 cm³/mol. The standard InChI is InChI=1S/C10H12ClNO3/c1-15-9-3-2-8(11)4-7(9)5-12-6-10(13)14/h2-4,12H,5-6H2,1H3,(H,13,14). The number of nitrogens with one attached hydrogen (secondary N) is 1. The summed E-state index contributed by atoms with van der Waals surface area (Å²) in [7, 11) is 1.56. The second kappa shape index (κ2) is 5.58. The van der Waals surface area contributed by atoms with Crippen LogP contribution in [0.2, 0.25) is 5.02 Å². The van der Waals surface area contributed by atoms with Gasteiger partial charge in [0.1, 0.15) is 5.75 Å². The lowest BCUT2D eigenvalue weighted by atomic mass is 10.2. The molecular weight excluding hydrogens is 218 g/mol. The number of hydrogen-bond acceptors (Lipinski definition) is 3. The molecule has 0 aliphatic heterocycles. The van der Waals surface area contributed by atoms with Crippen LogP contribution in [0.25, 0.3) is 0 Å². The molecule has 0 atom stereocenters. The molecule has 0 bridgehead atoms. The lowest BCUT2D eigenvalue weighted by Crippen LogP contribution is -2.22. The van der Waals surface area contributed by atoms with E-state index in [1.165, 1.54) is 0 Å². The predicted octanol–water partition coefficient (Wildman–Crippen LogP) is 1.52. The zero-order valence-corrected chi connectivity index (χ0v) is 9.04. The van der Waals surface area contributed by atoms with E-state index >= 15 is 0 Å². The van der Waals surface area contributed by atoms with Gasteiger partial charge in [-0.25, -0.2) is 0 Å². The van der Waals surface area contributed by atoms with E-state index < -0.39 is 5.97 Å². The molecule has 0 fully saturated rings. The van der Waals surface area contributed by atoms with Crippen LogP contribution in [0.4, 0.5) is 0 Å². The number of carboxylic acid groups (broad SMARTS) is 1. The Bertz CT molecular complexity index is 355. The van der Waals surface area contributed by atoms with Crippen molar-refractivity contribution in [2.24, 2.45) is 0 Å². The number of halogens is 1. The van der Waals surface area contributed by atoms with Crippen LogP contribution in [0.15, 0.2) is 18.2 Å². The van der Waals surface area contributed by atoms with E-state index in [0.29, 0.717) is 17.3 Å². The molecule has 0 aliphatic carbocycles. The molecule has 0 aromatic heterocycles. The Morgan fingerprint density at radius 1 is 1.60 bits per heavy atom. The van der Waals surface area contributed by atoms with Crippen LogP contribution in [0, 0.1) is 0 Å². The monoisotopic (exact) mass is 229 g/mol. The minimum atomic E-state index is -0.893. The highest BCUT2D eigenvalue weighted by molar-refractivity contribution is 6.30. The van der Waals surface area contributed by atoms with E-state index in [1.54, 1.807) is 25.3 Å². The lowest BCUT2D eigenvalue weighted by molar-refractivity contribution is -0.135. The fourth-order valence-corrected chi connectivity index (χ4v) is 1.38. The molecule has 4 nitrogen and oxygen atoms in total. The van der Waals surface area contributed by atoms with Gasteiger partial charge in [-0.1, -0.05) is 11.6 Å². The van der Waals surface area contributed by atoms with Crippen LogP contribution in [0.5, 0.6) is 5.75 Å². The summed E-state index contributed by atoms with van der Waals surface area (Å²) in [5.41, 5.74) is 0.839. The van der Waals surface area contributed by atoms with Crippen molar-refractivity contribution < 1.29 is 14.6 Å². The van der Waals surface area contributed by atoms with Gasteiger partial charge in [0, 0.05) is 17.1 Å². The highest BCUT2D eigenvalue weighted by Crippen LogP contribution is 2.22. The molecule has 15 heavy (non-hydrogen) atoms. The van der Waals surface area contributed by atoms with E-state index in [9.17, 15) is 4.79 Å². The number of rotatable bonds is 5. The summed E-state index contributed by atoms with van der Waals surface area (Å²) in [5, 5.41) is 11.8. The van der Waals surface area contributed by atoms with Crippen molar-refractivity contribution in [2.45, 2.75) is 6.54 Å². The van der Waals surface area contributed by atoms with Gasteiger partial charge in [0.25, 0.3) is 0 Å². The molecule has 0 radical (unpaired) electrons. The quantitative estimate of drug-likeness (QED) is 0.804. The number of ether oxygens (including phenoxy) is 1. The average molecular weight is 230 g/mol. The summed E-state index contributed by atoms with van der Waals surface area (Å²) in [4.78, 5) is 10.3. The Balaban J connectivity index is 2.65. The summed E-state index contributed by atoms with van der Waals surface area (Å²) in [6, 6.07) is 5.22. The van der Waals surface area contributed by atoms with E-state index in [2.05, 4.69) is 5.32 Å². The fraction of sp³-hybridized carbons (Fsp3) is 0.300. The van der Waals surface area contributed by atoms with Crippen LogP contribution < -0.4 is 10.1 Å². The second-order valence-electron chi connectivity index (χ2n) is 2.95. The van der Waals surface area contributed by atoms with Gasteiger partial charge in [-0.3, -0.25) is 4.79 Å². The first-order chi connectivity index (χ1) is 7.13. The smallest absolute Gasteiger partial charge is 0.317 e. The Hall–Kier alpha value is -1.26. The number of benzene rings is 1. The fourth-order valence-electron chi connectivity index (χ4n) is 1.19. The number of carbonyl (C=O) groups is 1. The van der Waals surface area contributed by atoms with Crippen molar-refractivity contribution in [1.82, 2.24) is 5.32 Å². The molecule has 0 aliphatic rings. The zero-order chi connectivity index (χ0) is 11.3. The third kappa shape index (κ3) is 3.77. The summed E-state index contributed by atoms with van der Waals surface area (Å²) in [5.74, 6) is -0.201. The minimum Gasteiger partial charge on any atom is -0.496 e. The van der Waals surface area contributed by atoms with Gasteiger partial charge in [0.15, 0.2) is 0 Å². The molecule has 5 heteroatoms.